The molecule has 0 fully saturated rings. The molecule has 2 nitrogen and oxygen atoms in total. The standard InChI is InChI=1S/C17H17NO/c1-2-13-6-8-14(9-7-13)11-17(19)16-5-3-4-15(10-16)12-18/h3-10,17,19H,2,11H2,1H3. The van der Waals surface area contributed by atoms with Crippen molar-refractivity contribution in [2.45, 2.75) is 25.9 Å². The second kappa shape index (κ2) is 6.17. The van der Waals surface area contributed by atoms with Gasteiger partial charge in [-0.3, -0.25) is 0 Å². The molecule has 1 atom stereocenters. The highest BCUT2D eigenvalue weighted by Gasteiger charge is 2.09. The van der Waals surface area contributed by atoms with Crippen LogP contribution in [0.3, 0.4) is 0 Å². The van der Waals surface area contributed by atoms with Gasteiger partial charge in [0.1, 0.15) is 0 Å². The van der Waals surface area contributed by atoms with E-state index in [4.69, 9.17) is 5.26 Å². The largest absolute Gasteiger partial charge is 0.388 e. The van der Waals surface area contributed by atoms with Crippen LogP contribution in [0.25, 0.3) is 0 Å². The molecule has 0 amide bonds. The highest BCUT2D eigenvalue weighted by atomic mass is 16.3. The summed E-state index contributed by atoms with van der Waals surface area (Å²) in [5.74, 6) is 0. The van der Waals surface area contributed by atoms with E-state index in [1.54, 1.807) is 18.2 Å². The van der Waals surface area contributed by atoms with Crippen molar-refractivity contribution >= 4 is 0 Å². The molecule has 96 valence electrons. The summed E-state index contributed by atoms with van der Waals surface area (Å²) >= 11 is 0. The summed E-state index contributed by atoms with van der Waals surface area (Å²) in [6, 6.07) is 17.5. The first-order chi connectivity index (χ1) is 9.22. The second-order valence-corrected chi connectivity index (χ2v) is 4.63. The summed E-state index contributed by atoms with van der Waals surface area (Å²) in [5.41, 5.74) is 3.77. The average molecular weight is 251 g/mol. The topological polar surface area (TPSA) is 44.0 Å². The molecule has 0 bridgehead atoms. The van der Waals surface area contributed by atoms with E-state index in [0.717, 1.165) is 17.5 Å². The summed E-state index contributed by atoms with van der Waals surface area (Å²) in [7, 11) is 0. The van der Waals surface area contributed by atoms with Crippen LogP contribution >= 0.6 is 0 Å². The van der Waals surface area contributed by atoms with Crippen LogP contribution in [0.15, 0.2) is 48.5 Å². The summed E-state index contributed by atoms with van der Waals surface area (Å²) in [6.07, 6.45) is 1.02. The van der Waals surface area contributed by atoms with Gasteiger partial charge in [-0.25, -0.2) is 0 Å². The molecule has 0 aliphatic carbocycles. The number of hydrogen-bond donors (Lipinski definition) is 1. The minimum Gasteiger partial charge on any atom is -0.388 e. The highest BCUT2D eigenvalue weighted by molar-refractivity contribution is 5.34. The fourth-order valence-electron chi connectivity index (χ4n) is 2.07. The lowest BCUT2D eigenvalue weighted by Crippen LogP contribution is -2.02. The van der Waals surface area contributed by atoms with Crippen LogP contribution in [0.5, 0.6) is 0 Å². The normalized spacial score (nSPS) is 11.8. The van der Waals surface area contributed by atoms with Crippen molar-refractivity contribution in [1.82, 2.24) is 0 Å². The van der Waals surface area contributed by atoms with Crippen molar-refractivity contribution in [3.05, 3.63) is 70.8 Å². The molecule has 0 saturated heterocycles. The molecular formula is C17H17NO. The molecule has 2 aromatic rings. The molecule has 19 heavy (non-hydrogen) atoms. The maximum Gasteiger partial charge on any atom is 0.0991 e. The number of hydrogen-bond acceptors (Lipinski definition) is 2. The van der Waals surface area contributed by atoms with Crippen molar-refractivity contribution < 1.29 is 5.11 Å². The Labute approximate surface area is 114 Å². The Balaban J connectivity index is 2.11. The molecule has 0 radical (unpaired) electrons. The third-order valence-electron chi connectivity index (χ3n) is 3.26. The number of rotatable bonds is 4. The SMILES string of the molecule is CCc1ccc(CC(O)c2cccc(C#N)c2)cc1. The van der Waals surface area contributed by atoms with Crippen molar-refractivity contribution in [3.63, 3.8) is 0 Å². The molecule has 1 unspecified atom stereocenters. The number of aliphatic hydroxyl groups is 1. The first-order valence-corrected chi connectivity index (χ1v) is 6.49. The minimum atomic E-state index is -0.569. The van der Waals surface area contributed by atoms with Gasteiger partial charge in [0.05, 0.1) is 17.7 Å². The third-order valence-corrected chi connectivity index (χ3v) is 3.26. The predicted octanol–water partition coefficient (Wildman–Crippen LogP) is 3.40. The van der Waals surface area contributed by atoms with E-state index in [9.17, 15) is 5.11 Å². The predicted molar refractivity (Wildman–Crippen MR) is 75.6 cm³/mol. The van der Waals surface area contributed by atoms with Crippen LogP contribution in [0.2, 0.25) is 0 Å². The van der Waals surface area contributed by atoms with Crippen LogP contribution in [0, 0.1) is 11.3 Å². The Kier molecular flexibility index (Phi) is 4.33. The van der Waals surface area contributed by atoms with Crippen molar-refractivity contribution in [1.29, 1.82) is 5.26 Å². The zero-order valence-corrected chi connectivity index (χ0v) is 11.0. The molecule has 0 saturated carbocycles. The summed E-state index contributed by atoms with van der Waals surface area (Å²) in [4.78, 5) is 0. The van der Waals surface area contributed by atoms with E-state index in [-0.39, 0.29) is 0 Å². The monoisotopic (exact) mass is 251 g/mol. The fraction of sp³-hybridized carbons (Fsp3) is 0.235. The van der Waals surface area contributed by atoms with E-state index >= 15 is 0 Å². The van der Waals surface area contributed by atoms with Crippen LogP contribution in [0.4, 0.5) is 0 Å². The first kappa shape index (κ1) is 13.3. The molecule has 2 heteroatoms. The Hall–Kier alpha value is -2.11. The zero-order chi connectivity index (χ0) is 13.7. The van der Waals surface area contributed by atoms with Gasteiger partial charge in [-0.05, 0) is 35.2 Å². The lowest BCUT2D eigenvalue weighted by Gasteiger charge is -2.11. The van der Waals surface area contributed by atoms with Crippen LogP contribution in [0.1, 0.15) is 35.3 Å². The molecule has 0 aliphatic heterocycles. The number of aryl methyl sites for hydroxylation is 1. The van der Waals surface area contributed by atoms with Gasteiger partial charge in [-0.15, -0.1) is 0 Å². The number of aliphatic hydroxyl groups excluding tert-OH is 1. The molecule has 0 spiro atoms. The lowest BCUT2D eigenvalue weighted by molar-refractivity contribution is 0.178. The zero-order valence-electron chi connectivity index (χ0n) is 11.0. The summed E-state index contributed by atoms with van der Waals surface area (Å²) in [5, 5.41) is 19.1. The number of nitriles is 1. The van der Waals surface area contributed by atoms with E-state index in [1.807, 2.05) is 6.07 Å². The maximum absolute atomic E-state index is 10.2. The number of nitrogens with zero attached hydrogens (tertiary/aromatic N) is 1. The molecule has 0 aromatic heterocycles. The second-order valence-electron chi connectivity index (χ2n) is 4.63. The molecule has 1 N–H and O–H groups in total. The van der Waals surface area contributed by atoms with Crippen LogP contribution < -0.4 is 0 Å². The van der Waals surface area contributed by atoms with Gasteiger partial charge in [0.25, 0.3) is 0 Å². The van der Waals surface area contributed by atoms with Crippen molar-refractivity contribution in [2.24, 2.45) is 0 Å². The van der Waals surface area contributed by atoms with Gasteiger partial charge >= 0.3 is 0 Å². The third kappa shape index (κ3) is 3.43. The highest BCUT2D eigenvalue weighted by Crippen LogP contribution is 2.19. The lowest BCUT2D eigenvalue weighted by atomic mass is 9.99. The molecule has 0 aliphatic rings. The van der Waals surface area contributed by atoms with Crippen LogP contribution in [-0.4, -0.2) is 5.11 Å². The quantitative estimate of drug-likeness (QED) is 0.905. The van der Waals surface area contributed by atoms with Crippen molar-refractivity contribution in [3.8, 4) is 6.07 Å². The molecule has 0 heterocycles. The van der Waals surface area contributed by atoms with Gasteiger partial charge < -0.3 is 5.11 Å². The van der Waals surface area contributed by atoms with Gasteiger partial charge in [0.15, 0.2) is 0 Å². The van der Waals surface area contributed by atoms with Gasteiger partial charge in [-0.2, -0.15) is 5.26 Å². The van der Waals surface area contributed by atoms with E-state index in [2.05, 4.69) is 37.3 Å². The Morgan fingerprint density at radius 2 is 1.79 bits per heavy atom. The van der Waals surface area contributed by atoms with Gasteiger partial charge in [0, 0.05) is 6.42 Å². The summed E-state index contributed by atoms with van der Waals surface area (Å²) in [6.45, 7) is 2.12. The molecule has 2 rings (SSSR count). The smallest absolute Gasteiger partial charge is 0.0991 e. The Morgan fingerprint density at radius 1 is 1.11 bits per heavy atom. The van der Waals surface area contributed by atoms with E-state index < -0.39 is 6.10 Å². The molecular weight excluding hydrogens is 234 g/mol. The Bertz CT molecular complexity index is 581. The van der Waals surface area contributed by atoms with Crippen LogP contribution in [-0.2, 0) is 12.8 Å². The first-order valence-electron chi connectivity index (χ1n) is 6.49. The maximum atomic E-state index is 10.2. The minimum absolute atomic E-state index is 0.568. The summed E-state index contributed by atoms with van der Waals surface area (Å²) < 4.78 is 0. The average Bonchev–Trinajstić information content (AvgIpc) is 2.48. The molecule has 2 aromatic carbocycles. The van der Waals surface area contributed by atoms with Gasteiger partial charge in [0.2, 0.25) is 0 Å². The van der Waals surface area contributed by atoms with E-state index in [1.165, 1.54) is 5.56 Å². The fourth-order valence-corrected chi connectivity index (χ4v) is 2.07. The van der Waals surface area contributed by atoms with Gasteiger partial charge in [-0.1, -0.05) is 43.3 Å². The van der Waals surface area contributed by atoms with E-state index in [0.29, 0.717) is 12.0 Å². The number of benzene rings is 2. The van der Waals surface area contributed by atoms with Crippen molar-refractivity contribution in [2.75, 3.05) is 0 Å². The Morgan fingerprint density at radius 3 is 2.42 bits per heavy atom.